The Kier molecular flexibility index (Phi) is 22.7. The van der Waals surface area contributed by atoms with Gasteiger partial charge in [0.1, 0.15) is 0 Å². The van der Waals surface area contributed by atoms with Gasteiger partial charge in [0, 0.05) is 13.1 Å². The standard InChI is InChI=1S/C31H64NO4P/c1-4-7-10-13-14-17-20-28-35-37(33,34)36-31-24-21-26-32(27-25-31)29-30(22-18-15-11-8-5-2)23-19-16-12-9-6-3/h30-31H,4-29H2,1-3H3,(H,33,34). The lowest BCUT2D eigenvalue weighted by molar-refractivity contribution is 0.0936. The molecule has 0 bridgehead atoms. The summed E-state index contributed by atoms with van der Waals surface area (Å²) in [6.45, 7) is 10.3. The van der Waals surface area contributed by atoms with Crippen LogP contribution in [0.1, 0.15) is 162 Å². The van der Waals surface area contributed by atoms with Crippen LogP contribution in [-0.4, -0.2) is 42.1 Å². The van der Waals surface area contributed by atoms with Gasteiger partial charge in [-0.25, -0.2) is 4.57 Å². The second-order valence-corrected chi connectivity index (χ2v) is 13.1. The van der Waals surface area contributed by atoms with Gasteiger partial charge in [-0.15, -0.1) is 0 Å². The van der Waals surface area contributed by atoms with E-state index in [-0.39, 0.29) is 6.10 Å². The van der Waals surface area contributed by atoms with E-state index in [0.717, 1.165) is 51.1 Å². The van der Waals surface area contributed by atoms with Crippen LogP contribution in [-0.2, 0) is 13.6 Å². The van der Waals surface area contributed by atoms with Gasteiger partial charge in [-0.05, 0) is 51.0 Å². The molecule has 0 aliphatic carbocycles. The highest BCUT2D eigenvalue weighted by atomic mass is 31.2. The van der Waals surface area contributed by atoms with E-state index in [4.69, 9.17) is 9.05 Å². The first-order chi connectivity index (χ1) is 18.0. The molecule has 2 unspecified atom stereocenters. The monoisotopic (exact) mass is 545 g/mol. The summed E-state index contributed by atoms with van der Waals surface area (Å²) in [5.74, 6) is 0.787. The molecule has 2 atom stereocenters. The predicted molar refractivity (Wildman–Crippen MR) is 159 cm³/mol. The van der Waals surface area contributed by atoms with Crippen LogP contribution in [0.2, 0.25) is 0 Å². The first-order valence-corrected chi connectivity index (χ1v) is 17.9. The maximum atomic E-state index is 12.5. The fourth-order valence-electron chi connectivity index (χ4n) is 5.64. The van der Waals surface area contributed by atoms with Crippen molar-refractivity contribution in [2.75, 3.05) is 26.2 Å². The van der Waals surface area contributed by atoms with Crippen LogP contribution in [0.4, 0.5) is 0 Å². The van der Waals surface area contributed by atoms with Crippen molar-refractivity contribution >= 4 is 7.82 Å². The van der Waals surface area contributed by atoms with Gasteiger partial charge < -0.3 is 9.79 Å². The molecular formula is C31H64NO4P. The lowest BCUT2D eigenvalue weighted by Crippen LogP contribution is -2.31. The lowest BCUT2D eigenvalue weighted by Gasteiger charge is -2.27. The normalized spacial score (nSPS) is 18.8. The fourth-order valence-corrected chi connectivity index (χ4v) is 6.64. The Morgan fingerprint density at radius 3 is 1.81 bits per heavy atom. The zero-order valence-corrected chi connectivity index (χ0v) is 26.0. The number of rotatable bonds is 25. The highest BCUT2D eigenvalue weighted by molar-refractivity contribution is 7.47. The Morgan fingerprint density at radius 2 is 1.24 bits per heavy atom. The molecule has 0 radical (unpaired) electrons. The summed E-state index contributed by atoms with van der Waals surface area (Å²) in [4.78, 5) is 12.9. The van der Waals surface area contributed by atoms with E-state index in [1.807, 2.05) is 0 Å². The molecule has 5 nitrogen and oxygen atoms in total. The van der Waals surface area contributed by atoms with Gasteiger partial charge in [0.2, 0.25) is 0 Å². The van der Waals surface area contributed by atoms with Crippen molar-refractivity contribution in [2.24, 2.45) is 5.92 Å². The van der Waals surface area contributed by atoms with Gasteiger partial charge >= 0.3 is 7.82 Å². The number of unbranched alkanes of at least 4 members (excludes halogenated alkanes) is 14. The average Bonchev–Trinajstić information content (AvgIpc) is 3.09. The Labute approximate surface area is 231 Å². The van der Waals surface area contributed by atoms with Crippen molar-refractivity contribution in [3.8, 4) is 0 Å². The fraction of sp³-hybridized carbons (Fsp3) is 1.00. The topological polar surface area (TPSA) is 59.0 Å². The number of phosphoric acid groups is 1. The minimum atomic E-state index is -3.96. The molecule has 6 heteroatoms. The van der Waals surface area contributed by atoms with Gasteiger partial charge in [-0.1, -0.05) is 124 Å². The van der Waals surface area contributed by atoms with Gasteiger partial charge in [0.25, 0.3) is 0 Å². The second-order valence-electron chi connectivity index (χ2n) is 11.7. The maximum absolute atomic E-state index is 12.5. The number of hydrogen-bond donors (Lipinski definition) is 1. The number of likely N-dealkylation sites (tertiary alicyclic amines) is 1. The number of nitrogens with zero attached hydrogens (tertiary/aromatic N) is 1. The molecule has 37 heavy (non-hydrogen) atoms. The van der Waals surface area contributed by atoms with Gasteiger partial charge in [0.15, 0.2) is 0 Å². The molecule has 1 fully saturated rings. The van der Waals surface area contributed by atoms with Gasteiger partial charge in [0.05, 0.1) is 12.7 Å². The molecule has 0 aromatic rings. The summed E-state index contributed by atoms with van der Waals surface area (Å²) in [5.41, 5.74) is 0. The van der Waals surface area contributed by atoms with E-state index in [0.29, 0.717) is 6.61 Å². The van der Waals surface area contributed by atoms with E-state index in [2.05, 4.69) is 25.7 Å². The SMILES string of the molecule is CCCCCCCCCOP(=O)(O)OC1CCCN(CC(CCCCCCC)CCCCCCC)CC1. The molecule has 1 heterocycles. The molecule has 1 aliphatic heterocycles. The Balaban J connectivity index is 2.35. The van der Waals surface area contributed by atoms with Crippen LogP contribution in [0.3, 0.4) is 0 Å². The Morgan fingerprint density at radius 1 is 0.730 bits per heavy atom. The smallest absolute Gasteiger partial charge is 0.303 e. The minimum absolute atomic E-state index is 0.170. The van der Waals surface area contributed by atoms with Gasteiger partial charge in [-0.2, -0.15) is 0 Å². The molecule has 1 rings (SSSR count). The van der Waals surface area contributed by atoms with Crippen molar-refractivity contribution in [2.45, 2.75) is 168 Å². The third-order valence-corrected chi connectivity index (χ3v) is 9.07. The highest BCUT2D eigenvalue weighted by Gasteiger charge is 2.28. The first-order valence-electron chi connectivity index (χ1n) is 16.4. The molecule has 0 aromatic carbocycles. The molecule has 0 aromatic heterocycles. The van der Waals surface area contributed by atoms with E-state index in [1.54, 1.807) is 0 Å². The molecule has 1 aliphatic rings. The summed E-state index contributed by atoms with van der Waals surface area (Å²) < 4.78 is 23.5. The third-order valence-electron chi connectivity index (χ3n) is 8.00. The van der Waals surface area contributed by atoms with Crippen LogP contribution < -0.4 is 0 Å². The van der Waals surface area contributed by atoms with E-state index in [9.17, 15) is 9.46 Å². The molecular weight excluding hydrogens is 481 g/mol. The summed E-state index contributed by atoms with van der Waals surface area (Å²) in [6.07, 6.45) is 27.0. The van der Waals surface area contributed by atoms with Crippen LogP contribution in [0.25, 0.3) is 0 Å². The van der Waals surface area contributed by atoms with Crippen LogP contribution in [0.15, 0.2) is 0 Å². The average molecular weight is 546 g/mol. The predicted octanol–water partition coefficient (Wildman–Crippen LogP) is 10.1. The summed E-state index contributed by atoms with van der Waals surface area (Å²) in [6, 6.07) is 0. The maximum Gasteiger partial charge on any atom is 0.472 e. The molecule has 1 N–H and O–H groups in total. The zero-order valence-electron chi connectivity index (χ0n) is 25.1. The first kappa shape index (κ1) is 35.1. The molecule has 0 amide bonds. The van der Waals surface area contributed by atoms with Crippen molar-refractivity contribution in [3.05, 3.63) is 0 Å². The van der Waals surface area contributed by atoms with Crippen molar-refractivity contribution in [1.29, 1.82) is 0 Å². The highest BCUT2D eigenvalue weighted by Crippen LogP contribution is 2.46. The molecule has 222 valence electrons. The summed E-state index contributed by atoms with van der Waals surface area (Å²) in [7, 11) is -3.96. The number of phosphoric ester groups is 1. The Bertz CT molecular complexity index is 533. The molecule has 1 saturated heterocycles. The second kappa shape index (κ2) is 23.9. The van der Waals surface area contributed by atoms with Crippen LogP contribution in [0, 0.1) is 5.92 Å². The van der Waals surface area contributed by atoms with Crippen molar-refractivity contribution in [3.63, 3.8) is 0 Å². The lowest BCUT2D eigenvalue weighted by atomic mass is 9.93. The van der Waals surface area contributed by atoms with E-state index < -0.39 is 7.82 Å². The largest absolute Gasteiger partial charge is 0.472 e. The minimum Gasteiger partial charge on any atom is -0.303 e. The van der Waals surface area contributed by atoms with Crippen LogP contribution >= 0.6 is 7.82 Å². The summed E-state index contributed by atoms with van der Waals surface area (Å²) >= 11 is 0. The Hall–Kier alpha value is 0.0700. The number of hydrogen-bond acceptors (Lipinski definition) is 4. The van der Waals surface area contributed by atoms with E-state index >= 15 is 0 Å². The zero-order chi connectivity index (χ0) is 27.0. The summed E-state index contributed by atoms with van der Waals surface area (Å²) in [5, 5.41) is 0. The molecule has 0 spiro atoms. The van der Waals surface area contributed by atoms with Crippen LogP contribution in [0.5, 0.6) is 0 Å². The van der Waals surface area contributed by atoms with Crippen molar-refractivity contribution in [1.82, 2.24) is 4.90 Å². The van der Waals surface area contributed by atoms with Crippen molar-refractivity contribution < 1.29 is 18.5 Å². The van der Waals surface area contributed by atoms with Gasteiger partial charge in [-0.3, -0.25) is 9.05 Å². The molecule has 0 saturated carbocycles. The van der Waals surface area contributed by atoms with E-state index in [1.165, 1.54) is 116 Å². The third kappa shape index (κ3) is 20.6. The quantitative estimate of drug-likeness (QED) is 0.0913.